The van der Waals surface area contributed by atoms with Gasteiger partial charge in [0.05, 0.1) is 11.6 Å². The Morgan fingerprint density at radius 1 is 1.03 bits per heavy atom. The molecule has 1 heterocycles. The van der Waals surface area contributed by atoms with E-state index in [1.807, 2.05) is 30.4 Å². The summed E-state index contributed by atoms with van der Waals surface area (Å²) >= 11 is 0. The Morgan fingerprint density at radius 2 is 1.83 bits per heavy atom. The van der Waals surface area contributed by atoms with Gasteiger partial charge in [0.1, 0.15) is 12.4 Å². The molecular formula is C27H23NO2. The van der Waals surface area contributed by atoms with Crippen LogP contribution in [0.4, 0.5) is 0 Å². The zero-order valence-corrected chi connectivity index (χ0v) is 17.0. The Kier molecular flexibility index (Phi) is 4.80. The number of aliphatic imine (C=N–C) groups is 1. The number of rotatable bonds is 4. The lowest BCUT2D eigenvalue weighted by Crippen LogP contribution is -2.22. The van der Waals surface area contributed by atoms with E-state index in [2.05, 4.69) is 60.5 Å². The Balaban J connectivity index is 1.32. The van der Waals surface area contributed by atoms with Crippen LogP contribution in [-0.4, -0.2) is 11.6 Å². The number of dihydropyridines is 1. The summed E-state index contributed by atoms with van der Waals surface area (Å²) in [5, 5.41) is 0. The van der Waals surface area contributed by atoms with E-state index in [-0.39, 0.29) is 11.8 Å². The van der Waals surface area contributed by atoms with E-state index < -0.39 is 0 Å². The summed E-state index contributed by atoms with van der Waals surface area (Å²) in [6.07, 6.45) is 12.0. The molecule has 2 aromatic rings. The maximum absolute atomic E-state index is 12.5. The average molecular weight is 393 g/mol. The third kappa shape index (κ3) is 3.59. The second-order valence-electron chi connectivity index (χ2n) is 7.97. The van der Waals surface area contributed by atoms with E-state index in [0.29, 0.717) is 6.61 Å². The highest BCUT2D eigenvalue weighted by Crippen LogP contribution is 2.39. The SMILES string of the molecule is Cc1ccc(COc2ccc(C=C3CCC4=C5C=CC=CC5C(=O)N=C34)cc2)cc1. The van der Waals surface area contributed by atoms with E-state index in [0.717, 1.165) is 46.6 Å². The molecule has 2 aromatic carbocycles. The van der Waals surface area contributed by atoms with Crippen LogP contribution in [0.3, 0.4) is 0 Å². The van der Waals surface area contributed by atoms with Gasteiger partial charge in [0.25, 0.3) is 5.91 Å². The molecule has 3 nitrogen and oxygen atoms in total. The summed E-state index contributed by atoms with van der Waals surface area (Å²) < 4.78 is 5.91. The third-order valence-electron chi connectivity index (χ3n) is 5.84. The summed E-state index contributed by atoms with van der Waals surface area (Å²) in [4.78, 5) is 16.9. The van der Waals surface area contributed by atoms with Gasteiger partial charge in [-0.2, -0.15) is 0 Å². The molecule has 3 aliphatic rings. The topological polar surface area (TPSA) is 38.7 Å². The summed E-state index contributed by atoms with van der Waals surface area (Å²) in [5.74, 6) is 0.592. The van der Waals surface area contributed by atoms with Gasteiger partial charge in [-0.05, 0) is 65.8 Å². The van der Waals surface area contributed by atoms with E-state index in [4.69, 9.17) is 4.74 Å². The fraction of sp³-hybridized carbons (Fsp3) is 0.185. The highest BCUT2D eigenvalue weighted by Gasteiger charge is 2.34. The molecule has 1 atom stereocenters. The van der Waals surface area contributed by atoms with Crippen molar-refractivity contribution in [1.29, 1.82) is 0 Å². The first kappa shape index (κ1) is 18.6. The molecule has 30 heavy (non-hydrogen) atoms. The Morgan fingerprint density at radius 3 is 2.63 bits per heavy atom. The number of allylic oxidation sites excluding steroid dienone is 5. The van der Waals surface area contributed by atoms with Crippen molar-refractivity contribution in [3.8, 4) is 5.75 Å². The zero-order valence-electron chi connectivity index (χ0n) is 17.0. The molecule has 0 bridgehead atoms. The van der Waals surface area contributed by atoms with Gasteiger partial charge in [0.15, 0.2) is 0 Å². The van der Waals surface area contributed by atoms with Crippen LogP contribution in [0.25, 0.3) is 6.08 Å². The number of aryl methyl sites for hydroxylation is 1. The van der Waals surface area contributed by atoms with Gasteiger partial charge >= 0.3 is 0 Å². The number of amides is 1. The average Bonchev–Trinajstić information content (AvgIpc) is 3.17. The van der Waals surface area contributed by atoms with Crippen molar-refractivity contribution in [2.45, 2.75) is 26.4 Å². The molecular weight excluding hydrogens is 370 g/mol. The quantitative estimate of drug-likeness (QED) is 0.661. The summed E-state index contributed by atoms with van der Waals surface area (Å²) in [6, 6.07) is 16.5. The van der Waals surface area contributed by atoms with Gasteiger partial charge in [-0.25, -0.2) is 4.99 Å². The van der Waals surface area contributed by atoms with Gasteiger partial charge in [-0.15, -0.1) is 0 Å². The fourth-order valence-corrected chi connectivity index (χ4v) is 4.19. The molecule has 0 saturated heterocycles. The van der Waals surface area contributed by atoms with Crippen LogP contribution < -0.4 is 4.74 Å². The molecule has 2 aliphatic carbocycles. The predicted octanol–water partition coefficient (Wildman–Crippen LogP) is 5.77. The third-order valence-corrected chi connectivity index (χ3v) is 5.84. The van der Waals surface area contributed by atoms with Crippen molar-refractivity contribution in [1.82, 2.24) is 0 Å². The lowest BCUT2D eigenvalue weighted by atomic mass is 9.86. The van der Waals surface area contributed by atoms with E-state index in [1.54, 1.807) is 0 Å². The molecule has 0 N–H and O–H groups in total. The second kappa shape index (κ2) is 7.75. The first-order valence-corrected chi connectivity index (χ1v) is 10.4. The monoisotopic (exact) mass is 393 g/mol. The van der Waals surface area contributed by atoms with Gasteiger partial charge in [0, 0.05) is 0 Å². The number of carbonyl (C=O) groups excluding carboxylic acids is 1. The molecule has 1 amide bonds. The Labute approximate surface area is 176 Å². The molecule has 1 fully saturated rings. The Hall–Kier alpha value is -3.46. The van der Waals surface area contributed by atoms with Crippen LogP contribution in [0.1, 0.15) is 29.5 Å². The van der Waals surface area contributed by atoms with Crippen molar-refractivity contribution in [2.75, 3.05) is 0 Å². The minimum absolute atomic E-state index is 0.0583. The molecule has 148 valence electrons. The van der Waals surface area contributed by atoms with Gasteiger partial charge in [-0.1, -0.05) is 66.3 Å². The van der Waals surface area contributed by atoms with Crippen LogP contribution >= 0.6 is 0 Å². The largest absolute Gasteiger partial charge is 0.489 e. The standard InChI is InChI=1S/C27H23NO2/c1-18-6-8-20(9-7-18)17-30-22-13-10-19(11-14-22)16-21-12-15-24-23-4-2-3-5-25(23)27(29)28-26(21)24/h2-11,13-14,16,25H,12,15,17H2,1H3. The highest BCUT2D eigenvalue weighted by atomic mass is 16.5. The molecule has 5 rings (SSSR count). The number of nitrogens with zero attached hydrogens (tertiary/aromatic N) is 1. The van der Waals surface area contributed by atoms with Crippen molar-refractivity contribution in [3.63, 3.8) is 0 Å². The first-order chi connectivity index (χ1) is 14.7. The van der Waals surface area contributed by atoms with Crippen LogP contribution in [0.5, 0.6) is 5.75 Å². The van der Waals surface area contributed by atoms with Crippen LogP contribution in [0, 0.1) is 12.8 Å². The molecule has 0 aromatic heterocycles. The Bertz CT molecular complexity index is 1140. The molecule has 1 unspecified atom stereocenters. The maximum atomic E-state index is 12.5. The smallest absolute Gasteiger partial charge is 0.257 e. The predicted molar refractivity (Wildman–Crippen MR) is 120 cm³/mol. The van der Waals surface area contributed by atoms with Crippen LogP contribution in [-0.2, 0) is 11.4 Å². The van der Waals surface area contributed by atoms with Gasteiger partial charge < -0.3 is 4.74 Å². The number of carbonyl (C=O) groups is 1. The van der Waals surface area contributed by atoms with Crippen molar-refractivity contribution >= 4 is 17.7 Å². The normalized spacial score (nSPS) is 21.0. The number of hydrogen-bond acceptors (Lipinski definition) is 2. The molecule has 0 radical (unpaired) electrons. The maximum Gasteiger partial charge on any atom is 0.257 e. The fourth-order valence-electron chi connectivity index (χ4n) is 4.19. The van der Waals surface area contributed by atoms with Crippen LogP contribution in [0.2, 0.25) is 0 Å². The van der Waals surface area contributed by atoms with Gasteiger partial charge in [-0.3, -0.25) is 4.79 Å². The highest BCUT2D eigenvalue weighted by molar-refractivity contribution is 6.23. The van der Waals surface area contributed by atoms with E-state index >= 15 is 0 Å². The minimum atomic E-state index is -0.196. The lowest BCUT2D eigenvalue weighted by Gasteiger charge is -2.21. The van der Waals surface area contributed by atoms with Crippen molar-refractivity contribution in [2.24, 2.45) is 10.9 Å². The molecule has 1 aliphatic heterocycles. The second-order valence-corrected chi connectivity index (χ2v) is 7.97. The summed E-state index contributed by atoms with van der Waals surface area (Å²) in [7, 11) is 0. The van der Waals surface area contributed by atoms with E-state index in [1.165, 1.54) is 11.1 Å². The van der Waals surface area contributed by atoms with Crippen molar-refractivity contribution in [3.05, 3.63) is 106 Å². The minimum Gasteiger partial charge on any atom is -0.489 e. The zero-order chi connectivity index (χ0) is 20.5. The van der Waals surface area contributed by atoms with Gasteiger partial charge in [0.2, 0.25) is 0 Å². The van der Waals surface area contributed by atoms with Crippen LogP contribution in [0.15, 0.2) is 94.5 Å². The first-order valence-electron chi connectivity index (χ1n) is 10.4. The summed E-state index contributed by atoms with van der Waals surface area (Å²) in [5.41, 5.74) is 7.86. The lowest BCUT2D eigenvalue weighted by molar-refractivity contribution is -0.119. The number of fused-ring (bicyclic) bond motifs is 2. The molecule has 3 heteroatoms. The summed E-state index contributed by atoms with van der Waals surface area (Å²) in [6.45, 7) is 2.64. The molecule has 0 spiro atoms. The number of hydrogen-bond donors (Lipinski definition) is 0. The van der Waals surface area contributed by atoms with Crippen molar-refractivity contribution < 1.29 is 9.53 Å². The molecule has 1 saturated carbocycles. The number of benzene rings is 2. The number of ether oxygens (including phenoxy) is 1. The van der Waals surface area contributed by atoms with E-state index in [9.17, 15) is 4.79 Å².